The maximum absolute atomic E-state index is 3.71. The van der Waals surface area contributed by atoms with Gasteiger partial charge in [0.25, 0.3) is 0 Å². The van der Waals surface area contributed by atoms with Crippen LogP contribution >= 0.6 is 0 Å². The summed E-state index contributed by atoms with van der Waals surface area (Å²) in [4.78, 5) is 0. The summed E-state index contributed by atoms with van der Waals surface area (Å²) < 4.78 is 0. The largest absolute Gasteiger partial charge is 0.314 e. The lowest BCUT2D eigenvalue weighted by atomic mass is 9.71. The molecule has 2 fully saturated rings. The highest BCUT2D eigenvalue weighted by molar-refractivity contribution is 4.91. The predicted molar refractivity (Wildman–Crippen MR) is 70.6 cm³/mol. The van der Waals surface area contributed by atoms with Gasteiger partial charge in [0.2, 0.25) is 0 Å². The second-order valence-corrected chi connectivity index (χ2v) is 5.79. The van der Waals surface area contributed by atoms with Crippen LogP contribution in [0, 0.1) is 5.41 Å². The van der Waals surface area contributed by atoms with Crippen molar-refractivity contribution < 1.29 is 0 Å². The van der Waals surface area contributed by atoms with Crippen molar-refractivity contribution in [1.82, 2.24) is 5.32 Å². The summed E-state index contributed by atoms with van der Waals surface area (Å²) in [6.07, 6.45) is 17.5. The fourth-order valence-electron chi connectivity index (χ4n) is 3.60. The minimum atomic E-state index is 0.793. The molecule has 0 unspecified atom stereocenters. The van der Waals surface area contributed by atoms with Gasteiger partial charge in [-0.2, -0.15) is 0 Å². The van der Waals surface area contributed by atoms with Crippen LogP contribution in [-0.4, -0.2) is 12.6 Å². The fraction of sp³-hybridized carbons (Fsp3) is 0.867. The molecule has 0 aromatic heterocycles. The van der Waals surface area contributed by atoms with E-state index in [2.05, 4.69) is 24.4 Å². The molecular formula is C15H27N. The Morgan fingerprint density at radius 1 is 1.12 bits per heavy atom. The van der Waals surface area contributed by atoms with E-state index in [9.17, 15) is 0 Å². The molecule has 0 bridgehead atoms. The maximum Gasteiger partial charge on any atom is 0.00675 e. The number of hydrogen-bond donors (Lipinski definition) is 1. The van der Waals surface area contributed by atoms with Crippen LogP contribution in [0.25, 0.3) is 0 Å². The highest BCUT2D eigenvalue weighted by Crippen LogP contribution is 2.48. The molecular weight excluding hydrogens is 194 g/mol. The van der Waals surface area contributed by atoms with E-state index in [1.54, 1.807) is 0 Å². The van der Waals surface area contributed by atoms with Crippen molar-refractivity contribution in [3.63, 3.8) is 0 Å². The number of hydrogen-bond acceptors (Lipinski definition) is 1. The first-order valence-electron chi connectivity index (χ1n) is 7.19. The summed E-state index contributed by atoms with van der Waals surface area (Å²) in [5.74, 6) is 0. The van der Waals surface area contributed by atoms with Crippen LogP contribution in [0.5, 0.6) is 0 Å². The molecule has 0 heterocycles. The Balaban J connectivity index is 1.65. The molecule has 0 aliphatic heterocycles. The fourth-order valence-corrected chi connectivity index (χ4v) is 3.60. The van der Waals surface area contributed by atoms with Crippen molar-refractivity contribution in [2.24, 2.45) is 5.41 Å². The van der Waals surface area contributed by atoms with Gasteiger partial charge in [-0.3, -0.25) is 0 Å². The van der Waals surface area contributed by atoms with Gasteiger partial charge in [0, 0.05) is 6.04 Å². The van der Waals surface area contributed by atoms with Crippen molar-refractivity contribution in [3.05, 3.63) is 12.2 Å². The lowest BCUT2D eigenvalue weighted by Gasteiger charge is -2.37. The standard InChI is InChI=1S/C15H27N/c1-2-3-6-13-16-14-7-11-15(12-8-14)9-4-5-10-15/h2-3,14,16H,4-13H2,1H3/b3-2+. The highest BCUT2D eigenvalue weighted by Gasteiger charge is 2.37. The first-order valence-corrected chi connectivity index (χ1v) is 7.19. The lowest BCUT2D eigenvalue weighted by Crippen LogP contribution is -2.37. The maximum atomic E-state index is 3.71. The second-order valence-electron chi connectivity index (χ2n) is 5.79. The summed E-state index contributed by atoms with van der Waals surface area (Å²) in [5, 5.41) is 3.71. The summed E-state index contributed by atoms with van der Waals surface area (Å²) in [6.45, 7) is 3.27. The van der Waals surface area contributed by atoms with Crippen LogP contribution in [0.15, 0.2) is 12.2 Å². The second kappa shape index (κ2) is 5.86. The smallest absolute Gasteiger partial charge is 0.00675 e. The van der Waals surface area contributed by atoms with Crippen molar-refractivity contribution in [2.75, 3.05) is 6.54 Å². The van der Waals surface area contributed by atoms with Gasteiger partial charge >= 0.3 is 0 Å². The zero-order chi connectivity index (χ0) is 11.3. The molecule has 0 amide bonds. The zero-order valence-electron chi connectivity index (χ0n) is 10.8. The van der Waals surface area contributed by atoms with Gasteiger partial charge in [0.1, 0.15) is 0 Å². The predicted octanol–water partition coefficient (Wildman–Crippen LogP) is 4.05. The molecule has 16 heavy (non-hydrogen) atoms. The monoisotopic (exact) mass is 221 g/mol. The molecule has 2 aliphatic carbocycles. The Morgan fingerprint density at radius 3 is 2.44 bits per heavy atom. The van der Waals surface area contributed by atoms with Crippen LogP contribution < -0.4 is 5.32 Å². The number of nitrogens with one attached hydrogen (secondary N) is 1. The van der Waals surface area contributed by atoms with Crippen molar-refractivity contribution in [1.29, 1.82) is 0 Å². The van der Waals surface area contributed by atoms with Gasteiger partial charge in [0.15, 0.2) is 0 Å². The Hall–Kier alpha value is -0.300. The Labute approximate surface area is 101 Å². The third-order valence-corrected chi connectivity index (χ3v) is 4.69. The summed E-state index contributed by atoms with van der Waals surface area (Å²) >= 11 is 0. The van der Waals surface area contributed by atoms with Crippen LogP contribution in [-0.2, 0) is 0 Å². The van der Waals surface area contributed by atoms with Gasteiger partial charge in [-0.25, -0.2) is 0 Å². The van der Waals surface area contributed by atoms with E-state index in [1.807, 2.05) is 0 Å². The molecule has 92 valence electrons. The normalized spacial score (nSPS) is 25.8. The van der Waals surface area contributed by atoms with Gasteiger partial charge in [0.05, 0.1) is 0 Å². The van der Waals surface area contributed by atoms with E-state index < -0.39 is 0 Å². The molecule has 0 aromatic carbocycles. The third kappa shape index (κ3) is 3.10. The van der Waals surface area contributed by atoms with Gasteiger partial charge in [-0.15, -0.1) is 0 Å². The highest BCUT2D eigenvalue weighted by atomic mass is 14.9. The molecule has 0 aromatic rings. The summed E-state index contributed by atoms with van der Waals surface area (Å²) in [6, 6.07) is 0.816. The average Bonchev–Trinajstić information content (AvgIpc) is 2.76. The average molecular weight is 221 g/mol. The van der Waals surface area contributed by atoms with Gasteiger partial charge in [-0.1, -0.05) is 25.0 Å². The molecule has 1 spiro atoms. The van der Waals surface area contributed by atoms with Crippen LogP contribution in [0.3, 0.4) is 0 Å². The number of rotatable bonds is 4. The van der Waals surface area contributed by atoms with Crippen LogP contribution in [0.4, 0.5) is 0 Å². The molecule has 2 rings (SSSR count). The SMILES string of the molecule is C/C=C/CCNC1CCC2(CCCC2)CC1. The molecule has 2 aliphatic rings. The van der Waals surface area contributed by atoms with Crippen molar-refractivity contribution >= 4 is 0 Å². The molecule has 0 radical (unpaired) electrons. The summed E-state index contributed by atoms with van der Waals surface area (Å²) in [7, 11) is 0. The zero-order valence-corrected chi connectivity index (χ0v) is 10.8. The van der Waals surface area contributed by atoms with E-state index in [0.717, 1.165) is 11.5 Å². The van der Waals surface area contributed by atoms with Crippen LogP contribution in [0.1, 0.15) is 64.7 Å². The molecule has 1 heteroatoms. The Kier molecular flexibility index (Phi) is 4.45. The third-order valence-electron chi connectivity index (χ3n) is 4.69. The summed E-state index contributed by atoms with van der Waals surface area (Å²) in [5.41, 5.74) is 0.793. The van der Waals surface area contributed by atoms with Crippen molar-refractivity contribution in [3.8, 4) is 0 Å². The molecule has 0 atom stereocenters. The first-order chi connectivity index (χ1) is 7.85. The van der Waals surface area contributed by atoms with E-state index in [0.29, 0.717) is 0 Å². The van der Waals surface area contributed by atoms with Gasteiger partial charge in [-0.05, 0) is 63.8 Å². The van der Waals surface area contributed by atoms with E-state index >= 15 is 0 Å². The minimum Gasteiger partial charge on any atom is -0.314 e. The van der Waals surface area contributed by atoms with Crippen molar-refractivity contribution in [2.45, 2.75) is 70.8 Å². The van der Waals surface area contributed by atoms with Gasteiger partial charge < -0.3 is 5.32 Å². The quantitative estimate of drug-likeness (QED) is 0.558. The lowest BCUT2D eigenvalue weighted by molar-refractivity contribution is 0.169. The van der Waals surface area contributed by atoms with E-state index in [-0.39, 0.29) is 0 Å². The topological polar surface area (TPSA) is 12.0 Å². The van der Waals surface area contributed by atoms with E-state index in [4.69, 9.17) is 0 Å². The van der Waals surface area contributed by atoms with Crippen LogP contribution in [0.2, 0.25) is 0 Å². The Morgan fingerprint density at radius 2 is 1.81 bits per heavy atom. The first kappa shape index (κ1) is 12.2. The molecule has 1 N–H and O–H groups in total. The number of allylic oxidation sites excluding steroid dienone is 1. The minimum absolute atomic E-state index is 0.793. The molecule has 0 saturated heterocycles. The molecule has 2 saturated carbocycles. The van der Waals surface area contributed by atoms with E-state index in [1.165, 1.54) is 64.3 Å². The molecule has 1 nitrogen and oxygen atoms in total. The Bertz CT molecular complexity index is 216.